The number of aliphatic hydroxyl groups is 1. The lowest BCUT2D eigenvalue weighted by molar-refractivity contribution is -0.0819. The summed E-state index contributed by atoms with van der Waals surface area (Å²) in [4.78, 5) is 18.7. The number of aliphatic hydroxyl groups excluding tert-OH is 1. The zero-order chi connectivity index (χ0) is 25.0. The molecule has 0 bridgehead atoms. The molecule has 6 rings (SSSR count). The Hall–Kier alpha value is -3.37. The van der Waals surface area contributed by atoms with E-state index in [1.165, 1.54) is 12.1 Å². The van der Waals surface area contributed by atoms with E-state index in [9.17, 15) is 13.9 Å². The first-order valence-corrected chi connectivity index (χ1v) is 12.2. The Balaban J connectivity index is 1.44. The predicted molar refractivity (Wildman–Crippen MR) is 127 cm³/mol. The van der Waals surface area contributed by atoms with Gasteiger partial charge in [-0.25, -0.2) is 28.7 Å². The van der Waals surface area contributed by atoms with Gasteiger partial charge in [-0.3, -0.25) is 4.68 Å². The number of benzene rings is 1. The van der Waals surface area contributed by atoms with E-state index >= 15 is 0 Å². The van der Waals surface area contributed by atoms with Crippen molar-refractivity contribution in [2.24, 2.45) is 0 Å². The van der Waals surface area contributed by atoms with Gasteiger partial charge in [0.2, 0.25) is 0 Å². The molecule has 0 amide bonds. The average Bonchev–Trinajstić information content (AvgIpc) is 3.60. The molecule has 1 saturated heterocycles. The van der Waals surface area contributed by atoms with Gasteiger partial charge in [-0.2, -0.15) is 5.10 Å². The minimum absolute atomic E-state index is 0.135. The van der Waals surface area contributed by atoms with Gasteiger partial charge in [-0.1, -0.05) is 0 Å². The van der Waals surface area contributed by atoms with Crippen LogP contribution >= 0.6 is 0 Å². The molecule has 1 saturated carbocycles. The Morgan fingerprint density at radius 1 is 1.06 bits per heavy atom. The second-order valence-corrected chi connectivity index (χ2v) is 9.70. The molecule has 3 aromatic heterocycles. The Labute approximate surface area is 206 Å². The second-order valence-electron chi connectivity index (χ2n) is 9.70. The van der Waals surface area contributed by atoms with Gasteiger partial charge in [0.1, 0.15) is 28.7 Å². The molecule has 3 atom stereocenters. The lowest BCUT2D eigenvalue weighted by Gasteiger charge is -2.33. The van der Waals surface area contributed by atoms with E-state index in [1.807, 2.05) is 30.9 Å². The lowest BCUT2D eigenvalue weighted by atomic mass is 9.88. The van der Waals surface area contributed by atoms with Crippen LogP contribution in [0.5, 0.6) is 0 Å². The molecule has 1 aromatic carbocycles. The largest absolute Gasteiger partial charge is 0.394 e. The summed E-state index contributed by atoms with van der Waals surface area (Å²) in [6.07, 6.45) is 6.46. The van der Waals surface area contributed by atoms with Crippen molar-refractivity contribution in [3.63, 3.8) is 0 Å². The molecule has 10 heteroatoms. The molecule has 1 aliphatic carbocycles. The highest BCUT2D eigenvalue weighted by molar-refractivity contribution is 5.87. The van der Waals surface area contributed by atoms with Crippen molar-refractivity contribution >= 4 is 11.2 Å². The van der Waals surface area contributed by atoms with Gasteiger partial charge < -0.3 is 9.84 Å². The minimum atomic E-state index is -0.730. The van der Waals surface area contributed by atoms with E-state index in [-0.39, 0.29) is 29.9 Å². The van der Waals surface area contributed by atoms with Crippen molar-refractivity contribution in [1.82, 2.24) is 29.7 Å². The third-order valence-corrected chi connectivity index (χ3v) is 7.03. The number of nitrogens with zero attached hydrogens (tertiary/aromatic N) is 6. The van der Waals surface area contributed by atoms with Crippen molar-refractivity contribution in [3.05, 3.63) is 65.0 Å². The van der Waals surface area contributed by atoms with Crippen molar-refractivity contribution in [3.8, 4) is 11.3 Å². The van der Waals surface area contributed by atoms with Crippen molar-refractivity contribution in [2.75, 3.05) is 6.61 Å². The molecule has 4 heterocycles. The molecule has 0 radical (unpaired) electrons. The summed E-state index contributed by atoms with van der Waals surface area (Å²) in [6, 6.07) is 3.85. The van der Waals surface area contributed by atoms with Gasteiger partial charge in [0.05, 0.1) is 42.4 Å². The van der Waals surface area contributed by atoms with Crippen LogP contribution < -0.4 is 0 Å². The summed E-state index contributed by atoms with van der Waals surface area (Å²) in [6.45, 7) is 3.51. The molecule has 186 valence electrons. The maximum atomic E-state index is 14.9. The normalized spacial score (nSPS) is 22.3. The standard InChI is InChI=1S/C26H26F2N6O2/c1-13-14(2)31-26-24(30-13)23(20-6-3-17(27)9-21(20)28)32-25(33-26)15-7-19(12-35)36-22(8-15)16-10-29-34(11-16)18-4-5-18/h3,6,9-11,15,18-19,22,35H,4-5,7-8,12H2,1-2H3. The van der Waals surface area contributed by atoms with Crippen LogP contribution in [0, 0.1) is 25.5 Å². The first-order chi connectivity index (χ1) is 17.4. The summed E-state index contributed by atoms with van der Waals surface area (Å²) in [7, 11) is 0. The summed E-state index contributed by atoms with van der Waals surface area (Å²) < 4.78 is 36.7. The molecular formula is C26H26F2N6O2. The molecule has 1 aliphatic heterocycles. The van der Waals surface area contributed by atoms with Gasteiger partial charge in [-0.15, -0.1) is 0 Å². The van der Waals surface area contributed by atoms with E-state index in [0.29, 0.717) is 47.3 Å². The first kappa shape index (κ1) is 23.1. The maximum Gasteiger partial charge on any atom is 0.182 e. The smallest absolute Gasteiger partial charge is 0.182 e. The third-order valence-electron chi connectivity index (χ3n) is 7.03. The molecule has 4 aromatic rings. The van der Waals surface area contributed by atoms with Gasteiger partial charge >= 0.3 is 0 Å². The van der Waals surface area contributed by atoms with Crippen LogP contribution in [0.3, 0.4) is 0 Å². The molecule has 8 nitrogen and oxygen atoms in total. The number of aromatic nitrogens is 6. The Morgan fingerprint density at radius 2 is 1.86 bits per heavy atom. The van der Waals surface area contributed by atoms with E-state index in [0.717, 1.165) is 24.5 Å². The maximum absolute atomic E-state index is 14.9. The fraction of sp³-hybridized carbons (Fsp3) is 0.423. The SMILES string of the molecule is Cc1nc2nc(C3CC(CO)OC(c4cnn(C5CC5)c4)C3)nc(-c3ccc(F)cc3F)c2nc1C. The van der Waals surface area contributed by atoms with E-state index < -0.39 is 17.7 Å². The zero-order valence-corrected chi connectivity index (χ0v) is 20.0. The average molecular weight is 493 g/mol. The number of rotatable bonds is 5. The van der Waals surface area contributed by atoms with Crippen LogP contribution in [-0.4, -0.2) is 47.5 Å². The molecule has 36 heavy (non-hydrogen) atoms. The fourth-order valence-corrected chi connectivity index (χ4v) is 4.80. The summed E-state index contributed by atoms with van der Waals surface area (Å²) in [5.74, 6) is -1.11. The number of fused-ring (bicyclic) bond motifs is 1. The minimum Gasteiger partial charge on any atom is -0.394 e. The van der Waals surface area contributed by atoms with Crippen molar-refractivity contribution < 1.29 is 18.6 Å². The Morgan fingerprint density at radius 3 is 2.61 bits per heavy atom. The van der Waals surface area contributed by atoms with E-state index in [4.69, 9.17) is 14.7 Å². The van der Waals surface area contributed by atoms with Gasteiger partial charge in [-0.05, 0) is 51.7 Å². The number of halogens is 2. The van der Waals surface area contributed by atoms with Crippen LogP contribution in [0.25, 0.3) is 22.4 Å². The van der Waals surface area contributed by atoms with Crippen LogP contribution in [0.1, 0.15) is 66.5 Å². The van der Waals surface area contributed by atoms with Gasteiger partial charge in [0, 0.05) is 29.3 Å². The molecular weight excluding hydrogens is 466 g/mol. The third kappa shape index (κ3) is 4.24. The molecule has 2 aliphatic rings. The summed E-state index contributed by atoms with van der Waals surface area (Å²) in [5.41, 5.74) is 3.46. The van der Waals surface area contributed by atoms with Crippen LogP contribution in [0.15, 0.2) is 30.6 Å². The summed E-state index contributed by atoms with van der Waals surface area (Å²) in [5, 5.41) is 14.4. The molecule has 1 N–H and O–H groups in total. The monoisotopic (exact) mass is 492 g/mol. The predicted octanol–water partition coefficient (Wildman–Crippen LogP) is 4.51. The fourth-order valence-electron chi connectivity index (χ4n) is 4.80. The van der Waals surface area contributed by atoms with Crippen molar-refractivity contribution in [2.45, 2.75) is 63.7 Å². The second kappa shape index (κ2) is 8.94. The molecule has 3 unspecified atom stereocenters. The van der Waals surface area contributed by atoms with Crippen LogP contribution in [-0.2, 0) is 4.74 Å². The number of ether oxygens (including phenoxy) is 1. The number of hydrogen-bond donors (Lipinski definition) is 1. The topological polar surface area (TPSA) is 98.8 Å². The van der Waals surface area contributed by atoms with Crippen LogP contribution in [0.2, 0.25) is 0 Å². The summed E-state index contributed by atoms with van der Waals surface area (Å²) >= 11 is 0. The first-order valence-electron chi connectivity index (χ1n) is 12.2. The van der Waals surface area contributed by atoms with Gasteiger partial charge in [0.15, 0.2) is 5.65 Å². The van der Waals surface area contributed by atoms with Gasteiger partial charge in [0.25, 0.3) is 0 Å². The van der Waals surface area contributed by atoms with Crippen LogP contribution in [0.4, 0.5) is 8.78 Å². The number of aryl methyl sites for hydroxylation is 2. The quantitative estimate of drug-likeness (QED) is 0.438. The highest BCUT2D eigenvalue weighted by Gasteiger charge is 2.35. The van der Waals surface area contributed by atoms with Crippen molar-refractivity contribution in [1.29, 1.82) is 0 Å². The highest BCUT2D eigenvalue weighted by atomic mass is 19.1. The Kier molecular flexibility index (Phi) is 5.72. The Bertz CT molecular complexity index is 1450. The molecule has 0 spiro atoms. The zero-order valence-electron chi connectivity index (χ0n) is 20.0. The number of hydrogen-bond acceptors (Lipinski definition) is 7. The lowest BCUT2D eigenvalue weighted by Crippen LogP contribution is -2.30. The highest BCUT2D eigenvalue weighted by Crippen LogP contribution is 2.41. The van der Waals surface area contributed by atoms with E-state index in [2.05, 4.69) is 15.1 Å². The molecule has 2 fully saturated rings. The van der Waals surface area contributed by atoms with E-state index in [1.54, 1.807) is 0 Å².